The first kappa shape index (κ1) is 4.21. The topological polar surface area (TPSA) is 0 Å². The maximum absolute atomic E-state index is 3.44. The van der Waals surface area contributed by atoms with E-state index in [0.29, 0.717) is 0 Å². The van der Waals surface area contributed by atoms with E-state index in [1.54, 1.807) is 0 Å². The van der Waals surface area contributed by atoms with Gasteiger partial charge in [0, 0.05) is 0 Å². The Hall–Kier alpha value is 0.0469. The molecule has 2 heteroatoms. The molecule has 0 spiro atoms. The summed E-state index contributed by atoms with van der Waals surface area (Å²) in [6, 6.07) is 0. The van der Waals surface area contributed by atoms with E-state index in [4.69, 9.17) is 0 Å². The monoisotopic (exact) mass is 112 g/mol. The normalized spacial score (nSPS) is 20.0. The van der Waals surface area contributed by atoms with E-state index < -0.39 is 0 Å². The van der Waals surface area contributed by atoms with Crippen molar-refractivity contribution in [3.05, 3.63) is 23.0 Å². The van der Waals surface area contributed by atoms with Gasteiger partial charge >= 0.3 is 0 Å². The summed E-state index contributed by atoms with van der Waals surface area (Å²) in [5, 5.41) is 4.22. The molecule has 0 aromatic rings. The molecule has 0 atom stereocenters. The van der Waals surface area contributed by atoms with Crippen molar-refractivity contribution >= 4 is 18.8 Å². The lowest BCUT2D eigenvalue weighted by Gasteiger charge is -1.75. The highest BCUT2D eigenvalue weighted by Crippen LogP contribution is 2.17. The lowest BCUT2D eigenvalue weighted by atomic mass is 10.6. The summed E-state index contributed by atoms with van der Waals surface area (Å²) >= 11 is 0. The molecule has 0 aromatic carbocycles. The zero-order chi connectivity index (χ0) is 4.41. The Bertz CT molecular complexity index is 110. The van der Waals surface area contributed by atoms with Crippen molar-refractivity contribution in [1.82, 2.24) is 0 Å². The van der Waals surface area contributed by atoms with Gasteiger partial charge in [-0.2, -0.15) is 9.89 Å². The van der Waals surface area contributed by atoms with Crippen molar-refractivity contribution in [2.24, 2.45) is 0 Å². The maximum Gasteiger partial charge on any atom is 0.0861 e. The van der Waals surface area contributed by atoms with Crippen molar-refractivity contribution in [1.29, 1.82) is 0 Å². The van der Waals surface area contributed by atoms with Gasteiger partial charge in [-0.25, -0.2) is 0 Å². The molecule has 0 nitrogen and oxygen atoms in total. The highest BCUT2D eigenvalue weighted by Gasteiger charge is 1.78. The zero-order valence-electron chi connectivity index (χ0n) is 3.22. The second kappa shape index (κ2) is 1.66. The lowest BCUT2D eigenvalue weighted by Crippen LogP contribution is -1.37. The molecule has 0 amide bonds. The van der Waals surface area contributed by atoms with Gasteiger partial charge in [-0.15, -0.1) is 0 Å². The molecule has 2 radical (unpaired) electrons. The minimum Gasteiger partial charge on any atom is -0.164 e. The third-order valence-corrected chi connectivity index (χ3v) is 2.28. The van der Waals surface area contributed by atoms with Crippen LogP contribution in [0.5, 0.6) is 0 Å². The fourth-order valence-corrected chi connectivity index (χ4v) is 1.39. The van der Waals surface area contributed by atoms with Gasteiger partial charge in [0.1, 0.15) is 0 Å². The molecule has 0 saturated carbocycles. The molecular formula is C4H4SSi. The Balaban J connectivity index is 2.86. The summed E-state index contributed by atoms with van der Waals surface area (Å²) in [4.78, 5) is 0. The Morgan fingerprint density at radius 3 is 1.83 bits per heavy atom. The van der Waals surface area contributed by atoms with Crippen molar-refractivity contribution < 1.29 is 0 Å². The van der Waals surface area contributed by atoms with Crippen LogP contribution in [0.1, 0.15) is 0 Å². The van der Waals surface area contributed by atoms with Crippen LogP contribution >= 0.6 is 9.89 Å². The molecular weight excluding hydrogens is 108 g/mol. The highest BCUT2D eigenvalue weighted by atomic mass is 32.3. The molecule has 0 aliphatic carbocycles. The van der Waals surface area contributed by atoms with Gasteiger partial charge in [0.2, 0.25) is 0 Å². The van der Waals surface area contributed by atoms with E-state index in [2.05, 4.69) is 19.8 Å². The van der Waals surface area contributed by atoms with Gasteiger partial charge in [0.25, 0.3) is 0 Å². The average Bonchev–Trinajstić information content (AvgIpc) is 1.86. The standard InChI is InChI=1S/C4H4SSi/c6-5-3-1-2-4-5/h1-4H. The molecule has 0 aromatic heterocycles. The summed E-state index contributed by atoms with van der Waals surface area (Å²) in [6.45, 7) is 0. The third kappa shape index (κ3) is 0.757. The largest absolute Gasteiger partial charge is 0.164 e. The van der Waals surface area contributed by atoms with Gasteiger partial charge in [-0.05, 0) is 10.8 Å². The van der Waals surface area contributed by atoms with Crippen LogP contribution in [0.3, 0.4) is 0 Å². The summed E-state index contributed by atoms with van der Waals surface area (Å²) in [5.74, 6) is 0. The van der Waals surface area contributed by atoms with Crippen LogP contribution in [0.4, 0.5) is 0 Å². The number of allylic oxidation sites excluding steroid dienone is 2. The van der Waals surface area contributed by atoms with Crippen LogP contribution in [-0.2, 0) is 0 Å². The predicted octanol–water partition coefficient (Wildman–Crippen LogP) is 1.38. The van der Waals surface area contributed by atoms with Crippen LogP contribution in [-0.4, -0.2) is 8.95 Å². The van der Waals surface area contributed by atoms with E-state index in [0.717, 1.165) is 0 Å². The third-order valence-electron chi connectivity index (χ3n) is 0.561. The van der Waals surface area contributed by atoms with Crippen LogP contribution in [0.25, 0.3) is 0 Å². The minimum absolute atomic E-state index is 0.272. The molecule has 0 bridgehead atoms. The maximum atomic E-state index is 3.44. The average molecular weight is 112 g/mol. The summed E-state index contributed by atoms with van der Waals surface area (Å²) in [6.07, 6.45) is 4.08. The molecule has 1 heterocycles. The molecule has 0 N–H and O–H groups in total. The van der Waals surface area contributed by atoms with E-state index >= 15 is 0 Å². The second-order valence-corrected chi connectivity index (χ2v) is 3.73. The summed E-state index contributed by atoms with van der Waals surface area (Å²) in [7, 11) is 3.71. The minimum atomic E-state index is 0.272. The van der Waals surface area contributed by atoms with E-state index in [1.807, 2.05) is 12.2 Å². The Morgan fingerprint density at radius 2 is 1.67 bits per heavy atom. The molecule has 1 aliphatic heterocycles. The SMILES string of the molecule is [Si]=S1C=CC=C1. The van der Waals surface area contributed by atoms with Crippen LogP contribution in [0.15, 0.2) is 23.0 Å². The van der Waals surface area contributed by atoms with Crippen LogP contribution in [0.2, 0.25) is 0 Å². The number of rotatable bonds is 0. The van der Waals surface area contributed by atoms with E-state index in [9.17, 15) is 0 Å². The fourth-order valence-electron chi connectivity index (χ4n) is 0.305. The first-order valence-corrected chi connectivity index (χ1v) is 4.25. The fraction of sp³-hybridized carbons (Fsp3) is 0. The van der Waals surface area contributed by atoms with Crippen molar-refractivity contribution in [3.63, 3.8) is 0 Å². The van der Waals surface area contributed by atoms with Gasteiger partial charge in [-0.3, -0.25) is 0 Å². The number of hydrogen-bond donors (Lipinski definition) is 0. The summed E-state index contributed by atoms with van der Waals surface area (Å²) < 4.78 is 0. The van der Waals surface area contributed by atoms with Gasteiger partial charge in [-0.1, -0.05) is 12.2 Å². The first-order valence-electron chi connectivity index (χ1n) is 1.68. The molecule has 0 fully saturated rings. The highest BCUT2D eigenvalue weighted by molar-refractivity contribution is 8.23. The van der Waals surface area contributed by atoms with E-state index in [1.165, 1.54) is 0 Å². The van der Waals surface area contributed by atoms with Crippen molar-refractivity contribution in [2.75, 3.05) is 0 Å². The Labute approximate surface area is 42.5 Å². The van der Waals surface area contributed by atoms with Crippen molar-refractivity contribution in [2.45, 2.75) is 0 Å². The zero-order valence-corrected chi connectivity index (χ0v) is 5.03. The Morgan fingerprint density at radius 1 is 1.17 bits per heavy atom. The second-order valence-electron chi connectivity index (χ2n) is 1.03. The molecule has 1 rings (SSSR count). The number of hydrogen-bond acceptors (Lipinski definition) is 0. The van der Waals surface area contributed by atoms with Crippen LogP contribution in [0, 0.1) is 0 Å². The molecule has 0 saturated heterocycles. The quantitative estimate of drug-likeness (QED) is 0.415. The van der Waals surface area contributed by atoms with Crippen LogP contribution < -0.4 is 0 Å². The van der Waals surface area contributed by atoms with Gasteiger partial charge in [0.05, 0.1) is 8.95 Å². The molecule has 1 aliphatic rings. The first-order chi connectivity index (χ1) is 2.89. The smallest absolute Gasteiger partial charge is 0.0861 e. The van der Waals surface area contributed by atoms with Gasteiger partial charge in [0.15, 0.2) is 0 Å². The molecule has 6 heavy (non-hydrogen) atoms. The van der Waals surface area contributed by atoms with Crippen molar-refractivity contribution in [3.8, 4) is 0 Å². The van der Waals surface area contributed by atoms with Gasteiger partial charge < -0.3 is 0 Å². The lowest BCUT2D eigenvalue weighted by molar-refractivity contribution is 2.15. The summed E-state index contributed by atoms with van der Waals surface area (Å²) in [5.41, 5.74) is 0. The Kier molecular flexibility index (Phi) is 1.17. The molecule has 0 unspecified atom stereocenters. The van der Waals surface area contributed by atoms with E-state index in [-0.39, 0.29) is 9.89 Å². The predicted molar refractivity (Wildman–Crippen MR) is 31.6 cm³/mol. The molecule has 30 valence electrons.